The van der Waals surface area contributed by atoms with Gasteiger partial charge in [0.1, 0.15) is 4.90 Å². The van der Waals surface area contributed by atoms with Gasteiger partial charge in [-0.1, -0.05) is 12.1 Å². The van der Waals surface area contributed by atoms with Gasteiger partial charge in [0, 0.05) is 7.14 Å². The van der Waals surface area contributed by atoms with Crippen LogP contribution < -0.4 is 8.37 Å². The van der Waals surface area contributed by atoms with Gasteiger partial charge in [-0.15, -0.1) is 0 Å². The zero-order valence-corrected chi connectivity index (χ0v) is 18.9. The lowest BCUT2D eigenvalue weighted by atomic mass is 10.3. The summed E-state index contributed by atoms with van der Waals surface area (Å²) in [5.41, 5.74) is 0. The van der Waals surface area contributed by atoms with Crippen LogP contribution in [0.1, 0.15) is 0 Å². The van der Waals surface area contributed by atoms with E-state index in [0.29, 0.717) is 10.7 Å². The Morgan fingerprint density at radius 2 is 1.39 bits per heavy atom. The molecule has 122 valence electrons. The minimum atomic E-state index is -4.23. The van der Waals surface area contributed by atoms with Crippen LogP contribution >= 0.6 is 67.8 Å². The molecule has 0 aliphatic carbocycles. The van der Waals surface area contributed by atoms with E-state index >= 15 is 0 Å². The van der Waals surface area contributed by atoms with E-state index in [2.05, 4.69) is 0 Å². The second-order valence-corrected chi connectivity index (χ2v) is 10.7. The van der Waals surface area contributed by atoms with Gasteiger partial charge >= 0.3 is 20.2 Å². The van der Waals surface area contributed by atoms with Crippen molar-refractivity contribution in [2.75, 3.05) is 0 Å². The van der Waals surface area contributed by atoms with Crippen LogP contribution in [0.5, 0.6) is 11.5 Å². The molecule has 0 spiro atoms. The third-order valence-electron chi connectivity index (χ3n) is 2.86. The van der Waals surface area contributed by atoms with Gasteiger partial charge in [-0.3, -0.25) is 0 Å². The molecule has 3 rings (SSSR count). The Bertz CT molecular complexity index is 1030. The molecule has 0 saturated carbocycles. The van der Waals surface area contributed by atoms with Crippen molar-refractivity contribution in [3.63, 3.8) is 0 Å². The van der Waals surface area contributed by atoms with Gasteiger partial charge in [-0.05, 0) is 86.0 Å². The first-order chi connectivity index (χ1) is 10.6. The van der Waals surface area contributed by atoms with Crippen molar-refractivity contribution in [1.29, 1.82) is 0 Å². The predicted octanol–water partition coefficient (Wildman–Crippen LogP) is 3.35. The van der Waals surface area contributed by atoms with Crippen molar-refractivity contribution in [2.45, 2.75) is 9.79 Å². The van der Waals surface area contributed by atoms with Crippen molar-refractivity contribution in [3.05, 3.63) is 41.0 Å². The highest BCUT2D eigenvalue weighted by Gasteiger charge is 2.35. The average molecular weight is 690 g/mol. The topological polar surface area (TPSA) is 86.7 Å². The fraction of sp³-hybridized carbons (Fsp3) is 0. The standard InChI is InChI=1S/C12H5I3O6S2/c13-6-5-9-12(11(15)10(6)14)21-22(16,17)8-4-2-1-3-7(8)20-23(9,18)19/h1-5H. The first-order valence-electron chi connectivity index (χ1n) is 5.79. The Balaban J connectivity index is 2.40. The van der Waals surface area contributed by atoms with Gasteiger partial charge < -0.3 is 8.37 Å². The number of halogens is 3. The summed E-state index contributed by atoms with van der Waals surface area (Å²) in [5, 5.41) is 0. The Hall–Kier alpha value is 0.130. The molecule has 0 bridgehead atoms. The molecule has 1 aliphatic rings. The predicted molar refractivity (Wildman–Crippen MR) is 107 cm³/mol. The van der Waals surface area contributed by atoms with Gasteiger partial charge in [0.25, 0.3) is 0 Å². The zero-order valence-electron chi connectivity index (χ0n) is 10.8. The van der Waals surface area contributed by atoms with Crippen molar-refractivity contribution < 1.29 is 25.2 Å². The molecule has 0 saturated heterocycles. The molecule has 6 nitrogen and oxygen atoms in total. The van der Waals surface area contributed by atoms with Crippen LogP contribution in [-0.4, -0.2) is 16.8 Å². The van der Waals surface area contributed by atoms with E-state index < -0.39 is 20.2 Å². The third-order valence-corrected chi connectivity index (χ3v) is 10.4. The maximum Gasteiger partial charge on any atom is 0.343 e. The maximum absolute atomic E-state index is 12.5. The summed E-state index contributed by atoms with van der Waals surface area (Å²) in [6.07, 6.45) is 0. The molecule has 0 radical (unpaired) electrons. The summed E-state index contributed by atoms with van der Waals surface area (Å²) in [5.74, 6) is -0.536. The highest BCUT2D eigenvalue weighted by Crippen LogP contribution is 2.41. The molecule has 2 aromatic rings. The van der Waals surface area contributed by atoms with Crippen LogP contribution in [-0.2, 0) is 20.2 Å². The van der Waals surface area contributed by atoms with Crippen molar-refractivity contribution >= 4 is 88.0 Å². The number of hydrogen-bond donors (Lipinski definition) is 0. The van der Waals surface area contributed by atoms with Gasteiger partial charge in [-0.25, -0.2) is 0 Å². The Labute approximate surface area is 173 Å². The monoisotopic (exact) mass is 690 g/mol. The fourth-order valence-electron chi connectivity index (χ4n) is 1.86. The van der Waals surface area contributed by atoms with E-state index in [1.165, 1.54) is 30.3 Å². The number of para-hydroxylation sites is 1. The molecule has 0 amide bonds. The van der Waals surface area contributed by atoms with Gasteiger partial charge in [0.2, 0.25) is 0 Å². The SMILES string of the molecule is O=S1(=O)Oc2c(cc(I)c(I)c2I)S(=O)(=O)Oc2ccccc21. The minimum absolute atomic E-state index is 0.245. The van der Waals surface area contributed by atoms with E-state index in [1.807, 2.05) is 67.8 Å². The van der Waals surface area contributed by atoms with E-state index in [9.17, 15) is 16.8 Å². The normalized spacial score (nSPS) is 17.7. The van der Waals surface area contributed by atoms with Crippen molar-refractivity contribution in [2.24, 2.45) is 0 Å². The van der Waals surface area contributed by atoms with Crippen LogP contribution in [0.4, 0.5) is 0 Å². The summed E-state index contributed by atoms with van der Waals surface area (Å²) < 4.78 is 61.9. The fourth-order valence-corrected chi connectivity index (χ4v) is 6.89. The number of hydrogen-bond acceptors (Lipinski definition) is 6. The summed E-state index contributed by atoms with van der Waals surface area (Å²) in [4.78, 5) is -0.650. The van der Waals surface area contributed by atoms with Crippen molar-refractivity contribution in [1.82, 2.24) is 0 Å². The number of benzene rings is 2. The molecular formula is C12H5I3O6S2. The Morgan fingerprint density at radius 1 is 0.783 bits per heavy atom. The summed E-state index contributed by atoms with van der Waals surface area (Å²) in [6.45, 7) is 0. The minimum Gasteiger partial charge on any atom is -0.377 e. The molecule has 11 heteroatoms. The summed E-state index contributed by atoms with van der Waals surface area (Å²) in [6, 6.07) is 6.77. The largest absolute Gasteiger partial charge is 0.377 e. The first-order valence-corrected chi connectivity index (χ1v) is 11.8. The van der Waals surface area contributed by atoms with E-state index in [-0.39, 0.29) is 21.3 Å². The average Bonchev–Trinajstić information content (AvgIpc) is 2.46. The second-order valence-electron chi connectivity index (χ2n) is 4.34. The van der Waals surface area contributed by atoms with Crippen LogP contribution in [0.25, 0.3) is 0 Å². The maximum atomic E-state index is 12.5. The van der Waals surface area contributed by atoms with Gasteiger partial charge in [-0.2, -0.15) is 16.8 Å². The smallest absolute Gasteiger partial charge is 0.343 e. The molecule has 0 aromatic heterocycles. The second kappa shape index (κ2) is 6.14. The lowest BCUT2D eigenvalue weighted by molar-refractivity contribution is 0.442. The van der Waals surface area contributed by atoms with Crippen LogP contribution in [0.15, 0.2) is 40.1 Å². The molecule has 23 heavy (non-hydrogen) atoms. The zero-order chi connectivity index (χ0) is 17.0. The third kappa shape index (κ3) is 3.18. The number of fused-ring (bicyclic) bond motifs is 2. The quantitative estimate of drug-likeness (QED) is 0.240. The molecule has 0 fully saturated rings. The molecule has 1 heterocycles. The first kappa shape index (κ1) is 17.9. The highest BCUT2D eigenvalue weighted by atomic mass is 127. The molecule has 0 unspecified atom stereocenters. The van der Waals surface area contributed by atoms with Crippen molar-refractivity contribution in [3.8, 4) is 11.5 Å². The van der Waals surface area contributed by atoms with Gasteiger partial charge in [0.05, 0.1) is 3.57 Å². The Morgan fingerprint density at radius 3 is 2.09 bits per heavy atom. The molecule has 1 aliphatic heterocycles. The molecule has 0 atom stereocenters. The summed E-state index contributed by atoms with van der Waals surface area (Å²) >= 11 is 5.82. The van der Waals surface area contributed by atoms with E-state index in [1.54, 1.807) is 0 Å². The van der Waals surface area contributed by atoms with Crippen LogP contribution in [0.3, 0.4) is 0 Å². The van der Waals surface area contributed by atoms with Crippen LogP contribution in [0, 0.1) is 10.7 Å². The Kier molecular flexibility index (Phi) is 4.78. The van der Waals surface area contributed by atoms with E-state index in [0.717, 1.165) is 0 Å². The van der Waals surface area contributed by atoms with Crippen LogP contribution in [0.2, 0.25) is 0 Å². The highest BCUT2D eigenvalue weighted by molar-refractivity contribution is 14.1. The lowest BCUT2D eigenvalue weighted by Crippen LogP contribution is -2.21. The molecule has 2 aromatic carbocycles. The number of rotatable bonds is 0. The molecule has 0 N–H and O–H groups in total. The molecular weight excluding hydrogens is 685 g/mol. The lowest BCUT2D eigenvalue weighted by Gasteiger charge is -2.20. The van der Waals surface area contributed by atoms with E-state index in [4.69, 9.17) is 8.37 Å². The summed E-state index contributed by atoms with van der Waals surface area (Å²) in [7, 11) is -8.45. The van der Waals surface area contributed by atoms with Gasteiger partial charge in [0.15, 0.2) is 16.4 Å².